The van der Waals surface area contributed by atoms with E-state index >= 15 is 0 Å². The van der Waals surface area contributed by atoms with Gasteiger partial charge in [0.25, 0.3) is 0 Å². The molecule has 0 radical (unpaired) electrons. The van der Waals surface area contributed by atoms with Gasteiger partial charge in [-0.2, -0.15) is 0 Å². The van der Waals surface area contributed by atoms with Crippen molar-refractivity contribution >= 4 is 11.8 Å². The first-order chi connectivity index (χ1) is 10.1. The Morgan fingerprint density at radius 1 is 1.57 bits per heavy atom. The average molecular weight is 292 g/mol. The first kappa shape index (κ1) is 15.7. The minimum Gasteiger partial charge on any atom is -0.463 e. The van der Waals surface area contributed by atoms with Gasteiger partial charge in [-0.25, -0.2) is 14.8 Å². The van der Waals surface area contributed by atoms with Crippen LogP contribution in [-0.4, -0.2) is 48.7 Å². The molecule has 0 amide bonds. The first-order valence-electron chi connectivity index (χ1n) is 7.50. The molecular weight excluding hydrogens is 268 g/mol. The lowest BCUT2D eigenvalue weighted by Gasteiger charge is -2.28. The Kier molecular flexibility index (Phi) is 5.50. The van der Waals surface area contributed by atoms with Gasteiger partial charge in [0.05, 0.1) is 7.11 Å². The van der Waals surface area contributed by atoms with E-state index in [0.29, 0.717) is 12.0 Å². The number of nitrogens with one attached hydrogen (secondary N) is 1. The van der Waals surface area contributed by atoms with Crippen LogP contribution in [0.15, 0.2) is 12.3 Å². The topological polar surface area (TPSA) is 67.3 Å². The van der Waals surface area contributed by atoms with Crippen molar-refractivity contribution in [1.29, 1.82) is 0 Å². The van der Waals surface area contributed by atoms with Crippen molar-refractivity contribution in [1.82, 2.24) is 15.3 Å². The molecule has 0 aliphatic carbocycles. The number of aromatic nitrogens is 2. The minimum absolute atomic E-state index is 0.114. The third kappa shape index (κ3) is 4.39. The summed E-state index contributed by atoms with van der Waals surface area (Å²) in [7, 11) is 1.34. The molecule has 6 nitrogen and oxygen atoms in total. The molecule has 1 fully saturated rings. The number of nitrogens with zero attached hydrogens (tertiary/aromatic N) is 3. The molecule has 0 spiro atoms. The number of esters is 1. The summed E-state index contributed by atoms with van der Waals surface area (Å²) in [6.45, 7) is 7.23. The van der Waals surface area contributed by atoms with Crippen LogP contribution in [0.25, 0.3) is 0 Å². The summed E-state index contributed by atoms with van der Waals surface area (Å²) >= 11 is 0. The number of anilines is 1. The Morgan fingerprint density at radius 2 is 2.38 bits per heavy atom. The van der Waals surface area contributed by atoms with E-state index in [0.717, 1.165) is 25.5 Å². The SMILES string of the molecule is COC(=O)c1nccc(N(CC(C)C)CC2CCCN2)n1. The van der Waals surface area contributed by atoms with E-state index in [4.69, 9.17) is 4.74 Å². The molecule has 1 saturated heterocycles. The van der Waals surface area contributed by atoms with Crippen LogP contribution >= 0.6 is 0 Å². The van der Waals surface area contributed by atoms with Gasteiger partial charge in [-0.1, -0.05) is 13.8 Å². The van der Waals surface area contributed by atoms with Crippen molar-refractivity contribution in [2.45, 2.75) is 32.7 Å². The molecule has 6 heteroatoms. The maximum absolute atomic E-state index is 11.6. The molecule has 2 rings (SSSR count). The van der Waals surface area contributed by atoms with E-state index < -0.39 is 5.97 Å². The highest BCUT2D eigenvalue weighted by Crippen LogP contribution is 2.16. The van der Waals surface area contributed by atoms with Crippen LogP contribution < -0.4 is 10.2 Å². The van der Waals surface area contributed by atoms with Crippen LogP contribution in [0.3, 0.4) is 0 Å². The summed E-state index contributed by atoms with van der Waals surface area (Å²) in [6.07, 6.45) is 4.02. The minimum atomic E-state index is -0.500. The van der Waals surface area contributed by atoms with Gasteiger partial charge >= 0.3 is 5.97 Å². The lowest BCUT2D eigenvalue weighted by Crippen LogP contribution is -2.40. The second-order valence-electron chi connectivity index (χ2n) is 5.82. The van der Waals surface area contributed by atoms with Crippen molar-refractivity contribution < 1.29 is 9.53 Å². The highest BCUT2D eigenvalue weighted by Gasteiger charge is 2.20. The molecule has 1 aliphatic heterocycles. The second kappa shape index (κ2) is 7.36. The molecule has 1 aliphatic rings. The summed E-state index contributed by atoms with van der Waals surface area (Å²) < 4.78 is 4.69. The number of hydrogen-bond donors (Lipinski definition) is 1. The number of carbonyl (C=O) groups is 1. The largest absolute Gasteiger partial charge is 0.463 e. The number of carbonyl (C=O) groups excluding carboxylic acids is 1. The summed E-state index contributed by atoms with van der Waals surface area (Å²) in [5.41, 5.74) is 0. The van der Waals surface area contributed by atoms with E-state index in [1.807, 2.05) is 6.07 Å². The third-order valence-corrected chi connectivity index (χ3v) is 3.52. The Hall–Kier alpha value is -1.69. The molecule has 2 heterocycles. The van der Waals surface area contributed by atoms with Crippen molar-refractivity contribution in [3.05, 3.63) is 18.1 Å². The van der Waals surface area contributed by atoms with Gasteiger partial charge < -0.3 is 15.0 Å². The fourth-order valence-electron chi connectivity index (χ4n) is 2.60. The number of rotatable bonds is 6. The van der Waals surface area contributed by atoms with Crippen molar-refractivity contribution in [3.8, 4) is 0 Å². The van der Waals surface area contributed by atoms with Crippen LogP contribution in [0.5, 0.6) is 0 Å². The molecule has 0 saturated carbocycles. The number of ether oxygens (including phenoxy) is 1. The normalized spacial score (nSPS) is 18.0. The molecule has 1 unspecified atom stereocenters. The van der Waals surface area contributed by atoms with Gasteiger partial charge in [0.1, 0.15) is 5.82 Å². The summed E-state index contributed by atoms with van der Waals surface area (Å²) in [6, 6.07) is 2.34. The van der Waals surface area contributed by atoms with Gasteiger partial charge in [-0.3, -0.25) is 0 Å². The monoisotopic (exact) mass is 292 g/mol. The van der Waals surface area contributed by atoms with Gasteiger partial charge in [0, 0.05) is 25.3 Å². The predicted octanol–water partition coefficient (Wildman–Crippen LogP) is 1.48. The van der Waals surface area contributed by atoms with E-state index in [9.17, 15) is 4.79 Å². The fourth-order valence-corrected chi connectivity index (χ4v) is 2.60. The van der Waals surface area contributed by atoms with E-state index in [-0.39, 0.29) is 5.82 Å². The lowest BCUT2D eigenvalue weighted by molar-refractivity contribution is 0.0587. The molecule has 1 N–H and O–H groups in total. The lowest BCUT2D eigenvalue weighted by atomic mass is 10.1. The maximum atomic E-state index is 11.6. The summed E-state index contributed by atoms with van der Waals surface area (Å²) in [5, 5.41) is 3.50. The van der Waals surface area contributed by atoms with E-state index in [1.54, 1.807) is 6.20 Å². The highest BCUT2D eigenvalue weighted by molar-refractivity contribution is 5.85. The van der Waals surface area contributed by atoms with Crippen LogP contribution in [0.1, 0.15) is 37.3 Å². The summed E-state index contributed by atoms with van der Waals surface area (Å²) in [4.78, 5) is 22.1. The van der Waals surface area contributed by atoms with E-state index in [2.05, 4.69) is 34.0 Å². The van der Waals surface area contributed by atoms with E-state index in [1.165, 1.54) is 20.0 Å². The third-order valence-electron chi connectivity index (χ3n) is 3.52. The van der Waals surface area contributed by atoms with Crippen molar-refractivity contribution in [2.75, 3.05) is 31.6 Å². The standard InChI is InChI=1S/C15H24N4O2/c1-11(2)9-19(10-12-5-4-7-16-12)13-6-8-17-14(18-13)15(20)21-3/h6,8,11-12,16H,4-5,7,9-10H2,1-3H3. The molecule has 21 heavy (non-hydrogen) atoms. The van der Waals surface area contributed by atoms with Crippen LogP contribution in [0, 0.1) is 5.92 Å². The molecule has 1 atom stereocenters. The van der Waals surface area contributed by atoms with Gasteiger partial charge in [-0.05, 0) is 31.4 Å². The molecule has 116 valence electrons. The predicted molar refractivity (Wildman–Crippen MR) is 81.4 cm³/mol. The zero-order valence-electron chi connectivity index (χ0n) is 13.0. The maximum Gasteiger partial charge on any atom is 0.376 e. The Labute approximate surface area is 125 Å². The van der Waals surface area contributed by atoms with Gasteiger partial charge in [0.15, 0.2) is 0 Å². The molecule has 1 aromatic heterocycles. The first-order valence-corrected chi connectivity index (χ1v) is 7.50. The molecular formula is C15H24N4O2. The fraction of sp³-hybridized carbons (Fsp3) is 0.667. The molecule has 0 bridgehead atoms. The van der Waals surface area contributed by atoms with Crippen LogP contribution in [0.2, 0.25) is 0 Å². The van der Waals surface area contributed by atoms with Crippen molar-refractivity contribution in [3.63, 3.8) is 0 Å². The van der Waals surface area contributed by atoms with Crippen LogP contribution in [0.4, 0.5) is 5.82 Å². The Balaban J connectivity index is 2.16. The van der Waals surface area contributed by atoms with Gasteiger partial charge in [-0.15, -0.1) is 0 Å². The molecule has 0 aromatic carbocycles. The average Bonchev–Trinajstić information content (AvgIpc) is 2.98. The quantitative estimate of drug-likeness (QED) is 0.801. The van der Waals surface area contributed by atoms with Gasteiger partial charge in [0.2, 0.25) is 5.82 Å². The number of hydrogen-bond acceptors (Lipinski definition) is 6. The van der Waals surface area contributed by atoms with Crippen molar-refractivity contribution in [2.24, 2.45) is 5.92 Å². The zero-order chi connectivity index (χ0) is 15.2. The Morgan fingerprint density at radius 3 is 3.00 bits per heavy atom. The highest BCUT2D eigenvalue weighted by atomic mass is 16.5. The number of methoxy groups -OCH3 is 1. The second-order valence-corrected chi connectivity index (χ2v) is 5.82. The smallest absolute Gasteiger partial charge is 0.376 e. The molecule has 1 aromatic rings. The van der Waals surface area contributed by atoms with Crippen LogP contribution in [-0.2, 0) is 4.74 Å². The Bertz CT molecular complexity index is 472. The summed E-state index contributed by atoms with van der Waals surface area (Å²) in [5.74, 6) is 0.916. The zero-order valence-corrected chi connectivity index (χ0v) is 13.0.